The summed E-state index contributed by atoms with van der Waals surface area (Å²) in [7, 11) is 0. The van der Waals surface area contributed by atoms with Crippen LogP contribution in [-0.2, 0) is 14.4 Å². The fraction of sp³-hybridized carbons (Fsp3) is 0.525. The normalized spacial score (nSPS) is 13.3. The number of hydrazine groups is 1. The number of aromatic nitrogens is 3. The van der Waals surface area contributed by atoms with E-state index in [0.29, 0.717) is 41.9 Å². The van der Waals surface area contributed by atoms with Crippen LogP contribution in [0.3, 0.4) is 0 Å². The number of aliphatic hydroxyl groups excluding tert-OH is 1. The van der Waals surface area contributed by atoms with Crippen molar-refractivity contribution in [2.75, 3.05) is 30.4 Å². The van der Waals surface area contributed by atoms with Crippen molar-refractivity contribution in [1.29, 1.82) is 0 Å². The van der Waals surface area contributed by atoms with E-state index < -0.39 is 17.5 Å². The van der Waals surface area contributed by atoms with Crippen LogP contribution in [0.2, 0.25) is 0 Å². The Kier molecular flexibility index (Phi) is 17.3. The number of carboxylic acids is 1. The Bertz CT molecular complexity index is 1700. The summed E-state index contributed by atoms with van der Waals surface area (Å²) >= 11 is 0. The number of anilines is 2. The van der Waals surface area contributed by atoms with Crippen LogP contribution in [0, 0.1) is 0 Å². The molecule has 0 saturated carbocycles. The molecular formula is C40H58N8O5. The number of nitrogens with one attached hydrogen (secondary N) is 2. The van der Waals surface area contributed by atoms with E-state index in [4.69, 9.17) is 21.8 Å². The first-order chi connectivity index (χ1) is 25.8. The highest BCUT2D eigenvalue weighted by Gasteiger charge is 2.39. The Hall–Kier alpha value is -4.75. The number of benzene rings is 2. The number of Topliss-reactive ketones (excluding diaryl/α,β-unsaturated/α-hetero) is 2. The van der Waals surface area contributed by atoms with Gasteiger partial charge in [-0.15, -0.1) is 5.10 Å². The zero-order chi connectivity index (χ0) is 37.8. The molecule has 1 aromatic heterocycles. The maximum absolute atomic E-state index is 14.7. The number of allylic oxidation sites excluding steroid dienone is 1. The molecule has 288 valence electrons. The number of rotatable bonds is 27. The summed E-state index contributed by atoms with van der Waals surface area (Å²) in [6.45, 7) is 1.19. The molecule has 4 rings (SSSR count). The standard InChI is InChI=1S/C40H58N8O5/c41-30-22-15-17-24-32(30)47(42)37-35(43-27-19-11-7-3-1-5-9-13-21-29-49)40(53)38(48-33-25-18-16-23-31(33)45-46-48)36(39(37)52)44-28-20-12-8-4-2-6-10-14-26-34(50)51/h15-18,22-25,43-44,49H,1-14,19-21,26-29,41-42H2,(H,50,51). The van der Waals surface area contributed by atoms with Gasteiger partial charge in [-0.2, -0.15) is 0 Å². The predicted molar refractivity (Wildman–Crippen MR) is 209 cm³/mol. The van der Waals surface area contributed by atoms with Gasteiger partial charge in [0.25, 0.3) is 0 Å². The van der Waals surface area contributed by atoms with Gasteiger partial charge >= 0.3 is 5.97 Å². The summed E-state index contributed by atoms with van der Waals surface area (Å²) in [5.74, 6) is 5.06. The Morgan fingerprint density at radius 2 is 1.23 bits per heavy atom. The van der Waals surface area contributed by atoms with E-state index in [1.165, 1.54) is 16.1 Å². The van der Waals surface area contributed by atoms with E-state index in [0.717, 1.165) is 96.3 Å². The summed E-state index contributed by atoms with van der Waals surface area (Å²) in [5, 5.41) is 34.2. The summed E-state index contributed by atoms with van der Waals surface area (Å²) < 4.78 is 1.44. The highest BCUT2D eigenvalue weighted by Crippen LogP contribution is 2.32. The molecule has 0 spiro atoms. The first-order valence-corrected chi connectivity index (χ1v) is 19.4. The first kappa shape index (κ1) is 41.0. The van der Waals surface area contributed by atoms with Gasteiger partial charge < -0.3 is 26.6 Å². The second-order valence-corrected chi connectivity index (χ2v) is 13.8. The number of para-hydroxylation sites is 3. The number of fused-ring (bicyclic) bond motifs is 1. The predicted octanol–water partition coefficient (Wildman–Crippen LogP) is 6.20. The minimum Gasteiger partial charge on any atom is -0.481 e. The zero-order valence-electron chi connectivity index (χ0n) is 31.0. The lowest BCUT2D eigenvalue weighted by Crippen LogP contribution is -2.45. The second kappa shape index (κ2) is 22.3. The maximum atomic E-state index is 14.7. The van der Waals surface area contributed by atoms with Crippen molar-refractivity contribution in [1.82, 2.24) is 25.6 Å². The monoisotopic (exact) mass is 730 g/mol. The average Bonchev–Trinajstić information content (AvgIpc) is 3.58. The van der Waals surface area contributed by atoms with Gasteiger partial charge in [-0.3, -0.25) is 19.4 Å². The van der Waals surface area contributed by atoms with Crippen LogP contribution < -0.4 is 27.2 Å². The van der Waals surface area contributed by atoms with Gasteiger partial charge in [-0.1, -0.05) is 113 Å². The second-order valence-electron chi connectivity index (χ2n) is 13.8. The Morgan fingerprint density at radius 3 is 1.83 bits per heavy atom. The van der Waals surface area contributed by atoms with Crippen molar-refractivity contribution >= 4 is 45.6 Å². The van der Waals surface area contributed by atoms with Crippen LogP contribution in [0.25, 0.3) is 16.7 Å². The molecule has 0 aliphatic heterocycles. The van der Waals surface area contributed by atoms with Crippen LogP contribution in [-0.4, -0.2) is 62.4 Å². The topological polar surface area (TPSA) is 202 Å². The maximum Gasteiger partial charge on any atom is 0.303 e. The largest absolute Gasteiger partial charge is 0.481 e. The molecule has 1 heterocycles. The van der Waals surface area contributed by atoms with Crippen LogP contribution in [0.5, 0.6) is 0 Å². The first-order valence-electron chi connectivity index (χ1n) is 19.4. The van der Waals surface area contributed by atoms with Crippen molar-refractivity contribution in [2.24, 2.45) is 5.84 Å². The van der Waals surface area contributed by atoms with Gasteiger partial charge in [0.1, 0.15) is 28.3 Å². The van der Waals surface area contributed by atoms with Crippen molar-refractivity contribution in [3.63, 3.8) is 0 Å². The summed E-state index contributed by atoms with van der Waals surface area (Å²) in [5.41, 5.74) is 8.57. The molecular weight excluding hydrogens is 672 g/mol. The molecule has 1 aliphatic carbocycles. The van der Waals surface area contributed by atoms with E-state index in [9.17, 15) is 14.4 Å². The van der Waals surface area contributed by atoms with Gasteiger partial charge in [0.05, 0.1) is 16.9 Å². The van der Waals surface area contributed by atoms with Crippen molar-refractivity contribution in [3.8, 4) is 0 Å². The SMILES string of the molecule is Nc1ccccc1N(N)C1=C(NCCCCCCCCCCCO)C(=O)C(n2nnc3ccccc32)=C(NCCCCCCCCCCC(=O)O)C1=O. The third-order valence-corrected chi connectivity index (χ3v) is 9.61. The van der Waals surface area contributed by atoms with E-state index in [1.807, 2.05) is 24.3 Å². The minimum absolute atomic E-state index is 0.00866. The number of aliphatic hydroxyl groups is 1. The number of nitrogen functional groups attached to an aromatic ring is 1. The molecule has 0 unspecified atom stereocenters. The number of carboxylic acid groups (broad SMARTS) is 1. The number of hydrogen-bond donors (Lipinski definition) is 6. The molecule has 2 aromatic carbocycles. The molecule has 0 atom stereocenters. The number of ketones is 2. The summed E-state index contributed by atoms with van der Waals surface area (Å²) in [6, 6.07) is 14.3. The number of aliphatic carboxylic acids is 1. The number of carbonyl (C=O) groups excluding carboxylic acids is 2. The molecule has 0 amide bonds. The number of nitrogens with zero attached hydrogens (tertiary/aromatic N) is 4. The lowest BCUT2D eigenvalue weighted by atomic mass is 9.97. The number of nitrogens with two attached hydrogens (primary N) is 2. The molecule has 8 N–H and O–H groups in total. The third-order valence-electron chi connectivity index (χ3n) is 9.61. The number of hydrogen-bond acceptors (Lipinski definition) is 11. The minimum atomic E-state index is -0.747. The fourth-order valence-electron chi connectivity index (χ4n) is 6.66. The van der Waals surface area contributed by atoms with Crippen LogP contribution in [0.15, 0.2) is 65.6 Å². The van der Waals surface area contributed by atoms with Crippen LogP contribution in [0.1, 0.15) is 116 Å². The highest BCUT2D eigenvalue weighted by molar-refractivity contribution is 6.36. The Balaban J connectivity index is 1.50. The van der Waals surface area contributed by atoms with Crippen molar-refractivity contribution in [3.05, 3.63) is 65.6 Å². The molecule has 13 heteroatoms. The van der Waals surface area contributed by atoms with E-state index in [1.54, 1.807) is 24.3 Å². The van der Waals surface area contributed by atoms with Crippen molar-refractivity contribution < 1.29 is 24.6 Å². The van der Waals surface area contributed by atoms with Gasteiger partial charge in [-0.05, 0) is 49.9 Å². The molecule has 0 saturated heterocycles. The molecule has 13 nitrogen and oxygen atoms in total. The Labute approximate surface area is 312 Å². The molecule has 53 heavy (non-hydrogen) atoms. The van der Waals surface area contributed by atoms with Crippen LogP contribution >= 0.6 is 0 Å². The number of carbonyl (C=O) groups is 3. The molecule has 0 bridgehead atoms. The summed E-state index contributed by atoms with van der Waals surface area (Å²) in [4.78, 5) is 40.0. The average molecular weight is 731 g/mol. The molecule has 0 fully saturated rings. The molecule has 0 radical (unpaired) electrons. The lowest BCUT2D eigenvalue weighted by molar-refractivity contribution is -0.137. The third kappa shape index (κ3) is 12.1. The van der Waals surface area contributed by atoms with Gasteiger partial charge in [-0.25, -0.2) is 10.5 Å². The van der Waals surface area contributed by atoms with Gasteiger partial charge in [0, 0.05) is 26.1 Å². The van der Waals surface area contributed by atoms with E-state index in [2.05, 4.69) is 20.9 Å². The smallest absolute Gasteiger partial charge is 0.303 e. The molecule has 3 aromatic rings. The van der Waals surface area contributed by atoms with E-state index in [-0.39, 0.29) is 35.8 Å². The fourth-order valence-corrected chi connectivity index (χ4v) is 6.66. The Morgan fingerprint density at radius 1 is 0.698 bits per heavy atom. The zero-order valence-corrected chi connectivity index (χ0v) is 31.0. The lowest BCUT2D eigenvalue weighted by Gasteiger charge is -2.30. The van der Waals surface area contributed by atoms with Crippen LogP contribution in [0.4, 0.5) is 11.4 Å². The number of unbranched alkanes of at least 4 members (excludes halogenated alkanes) is 15. The van der Waals surface area contributed by atoms with Gasteiger partial charge in [0.15, 0.2) is 0 Å². The van der Waals surface area contributed by atoms with Gasteiger partial charge in [0.2, 0.25) is 11.6 Å². The molecule has 1 aliphatic rings. The van der Waals surface area contributed by atoms with E-state index >= 15 is 0 Å². The highest BCUT2D eigenvalue weighted by atomic mass is 16.4. The quantitative estimate of drug-likeness (QED) is 0.0171. The van der Waals surface area contributed by atoms with Crippen molar-refractivity contribution in [2.45, 2.75) is 116 Å². The summed E-state index contributed by atoms with van der Waals surface area (Å²) in [6.07, 6.45) is 17.1.